The van der Waals surface area contributed by atoms with E-state index >= 15 is 0 Å². The van der Waals surface area contributed by atoms with Crippen molar-refractivity contribution in [3.8, 4) is 11.5 Å². The Morgan fingerprint density at radius 1 is 1.04 bits per heavy atom. The van der Waals surface area contributed by atoms with Crippen molar-refractivity contribution in [2.45, 2.75) is 4.90 Å². The zero-order chi connectivity index (χ0) is 16.4. The summed E-state index contributed by atoms with van der Waals surface area (Å²) >= 11 is 0. The molecule has 1 aliphatic rings. The van der Waals surface area contributed by atoms with E-state index in [2.05, 4.69) is 5.32 Å². The molecule has 2 aromatic carbocycles. The number of ether oxygens (including phenoxy) is 2. The summed E-state index contributed by atoms with van der Waals surface area (Å²) in [5, 5.41) is 2.63. The lowest BCUT2D eigenvalue weighted by Gasteiger charge is -2.18. The van der Waals surface area contributed by atoms with Gasteiger partial charge in [0.15, 0.2) is 21.3 Å². The van der Waals surface area contributed by atoms with Crippen LogP contribution in [0.2, 0.25) is 0 Å². The summed E-state index contributed by atoms with van der Waals surface area (Å²) in [7, 11) is -3.44. The highest BCUT2D eigenvalue weighted by Crippen LogP contribution is 2.31. The minimum atomic E-state index is -3.44. The van der Waals surface area contributed by atoms with Crippen molar-refractivity contribution in [2.24, 2.45) is 0 Å². The Balaban J connectivity index is 1.88. The van der Waals surface area contributed by atoms with Gasteiger partial charge in [-0.25, -0.2) is 8.42 Å². The molecule has 0 aromatic heterocycles. The number of fused-ring (bicyclic) bond motifs is 1. The van der Waals surface area contributed by atoms with Crippen LogP contribution in [0.5, 0.6) is 11.5 Å². The second-order valence-electron chi connectivity index (χ2n) is 5.08. The fraction of sp³-hybridized carbons (Fsp3) is 0.188. The monoisotopic (exact) mass is 333 g/mol. The van der Waals surface area contributed by atoms with E-state index in [1.54, 1.807) is 36.4 Å². The van der Waals surface area contributed by atoms with Crippen LogP contribution in [0.3, 0.4) is 0 Å². The zero-order valence-electron chi connectivity index (χ0n) is 12.4. The van der Waals surface area contributed by atoms with Crippen LogP contribution in [0.25, 0.3) is 0 Å². The van der Waals surface area contributed by atoms with E-state index in [4.69, 9.17) is 9.47 Å². The highest BCUT2D eigenvalue weighted by Gasteiger charge is 2.18. The second-order valence-corrected chi connectivity index (χ2v) is 7.07. The van der Waals surface area contributed by atoms with Gasteiger partial charge in [0.2, 0.25) is 0 Å². The number of anilines is 1. The maximum absolute atomic E-state index is 12.4. The number of amides is 1. The summed E-state index contributed by atoms with van der Waals surface area (Å²) in [5.41, 5.74) is 0.604. The Morgan fingerprint density at radius 3 is 2.48 bits per heavy atom. The highest BCUT2D eigenvalue weighted by molar-refractivity contribution is 7.90. The largest absolute Gasteiger partial charge is 0.486 e. The maximum Gasteiger partial charge on any atom is 0.255 e. The Hall–Kier alpha value is -2.54. The van der Waals surface area contributed by atoms with Gasteiger partial charge in [0.05, 0.1) is 10.6 Å². The smallest absolute Gasteiger partial charge is 0.255 e. The Bertz CT molecular complexity index is 861. The zero-order valence-corrected chi connectivity index (χ0v) is 13.2. The number of hydrogen-bond donors (Lipinski definition) is 1. The van der Waals surface area contributed by atoms with Gasteiger partial charge in [-0.2, -0.15) is 0 Å². The SMILES string of the molecule is CS(=O)(=O)c1ccccc1NC(=O)c1ccc2c(c1)OCCO2. The fourth-order valence-corrected chi connectivity index (χ4v) is 3.12. The number of carbonyl (C=O) groups excluding carboxylic acids is 1. The first-order valence-corrected chi connectivity index (χ1v) is 8.84. The van der Waals surface area contributed by atoms with Gasteiger partial charge >= 0.3 is 0 Å². The average Bonchev–Trinajstić information content (AvgIpc) is 2.54. The maximum atomic E-state index is 12.4. The van der Waals surface area contributed by atoms with Crippen LogP contribution in [0.1, 0.15) is 10.4 Å². The number of rotatable bonds is 3. The number of sulfone groups is 1. The Labute approximate surface area is 134 Å². The van der Waals surface area contributed by atoms with Gasteiger partial charge < -0.3 is 14.8 Å². The van der Waals surface area contributed by atoms with Gasteiger partial charge in [-0.1, -0.05) is 12.1 Å². The van der Waals surface area contributed by atoms with E-state index in [0.29, 0.717) is 30.3 Å². The predicted octanol–water partition coefficient (Wildman–Crippen LogP) is 2.11. The number of carbonyl (C=O) groups is 1. The van der Waals surface area contributed by atoms with E-state index in [0.717, 1.165) is 6.26 Å². The minimum absolute atomic E-state index is 0.0749. The van der Waals surface area contributed by atoms with Gasteiger partial charge in [0.25, 0.3) is 5.91 Å². The molecule has 0 aliphatic carbocycles. The van der Waals surface area contributed by atoms with Crippen LogP contribution in [0.4, 0.5) is 5.69 Å². The lowest BCUT2D eigenvalue weighted by Crippen LogP contribution is -2.18. The van der Waals surface area contributed by atoms with Crippen molar-refractivity contribution in [1.29, 1.82) is 0 Å². The first kappa shape index (κ1) is 15.4. The predicted molar refractivity (Wildman–Crippen MR) is 84.9 cm³/mol. The average molecular weight is 333 g/mol. The van der Waals surface area contributed by atoms with Crippen molar-refractivity contribution >= 4 is 21.4 Å². The molecule has 1 amide bonds. The minimum Gasteiger partial charge on any atom is -0.486 e. The molecule has 23 heavy (non-hydrogen) atoms. The molecule has 0 spiro atoms. The van der Waals surface area contributed by atoms with E-state index in [1.807, 2.05) is 0 Å². The first-order valence-electron chi connectivity index (χ1n) is 6.95. The molecule has 0 fully saturated rings. The second kappa shape index (κ2) is 5.92. The molecular weight excluding hydrogens is 318 g/mol. The molecule has 6 nitrogen and oxygen atoms in total. The van der Waals surface area contributed by atoms with Crippen molar-refractivity contribution in [3.05, 3.63) is 48.0 Å². The molecule has 7 heteroatoms. The van der Waals surface area contributed by atoms with Crippen molar-refractivity contribution in [1.82, 2.24) is 0 Å². The van der Waals surface area contributed by atoms with Gasteiger partial charge in [-0.15, -0.1) is 0 Å². The third kappa shape index (κ3) is 3.29. The van der Waals surface area contributed by atoms with Crippen LogP contribution in [0, 0.1) is 0 Å². The van der Waals surface area contributed by atoms with Gasteiger partial charge in [-0.05, 0) is 30.3 Å². The Morgan fingerprint density at radius 2 is 1.74 bits per heavy atom. The molecule has 0 saturated carbocycles. The molecular formula is C16H15NO5S. The van der Waals surface area contributed by atoms with E-state index < -0.39 is 15.7 Å². The van der Waals surface area contributed by atoms with Crippen LogP contribution < -0.4 is 14.8 Å². The van der Waals surface area contributed by atoms with E-state index in [9.17, 15) is 13.2 Å². The summed E-state index contributed by atoms with van der Waals surface area (Å²) in [6.07, 6.45) is 1.10. The Kier molecular flexibility index (Phi) is 3.96. The lowest BCUT2D eigenvalue weighted by molar-refractivity contribution is 0.102. The van der Waals surface area contributed by atoms with Crippen LogP contribution >= 0.6 is 0 Å². The van der Waals surface area contributed by atoms with Gasteiger partial charge in [0, 0.05) is 11.8 Å². The molecule has 120 valence electrons. The summed E-state index contributed by atoms with van der Waals surface area (Å²) in [6, 6.07) is 11.1. The number of para-hydroxylation sites is 1. The van der Waals surface area contributed by atoms with E-state index in [1.165, 1.54) is 6.07 Å². The molecule has 3 rings (SSSR count). The number of benzene rings is 2. The molecule has 0 bridgehead atoms. The van der Waals surface area contributed by atoms with Crippen molar-refractivity contribution in [2.75, 3.05) is 24.8 Å². The fourth-order valence-electron chi connectivity index (χ4n) is 2.27. The third-order valence-corrected chi connectivity index (χ3v) is 4.49. The highest BCUT2D eigenvalue weighted by atomic mass is 32.2. The topological polar surface area (TPSA) is 81.7 Å². The van der Waals surface area contributed by atoms with Crippen LogP contribution in [0.15, 0.2) is 47.4 Å². The summed E-state index contributed by atoms with van der Waals surface area (Å²) < 4.78 is 34.4. The van der Waals surface area contributed by atoms with Crippen molar-refractivity contribution in [3.63, 3.8) is 0 Å². The molecule has 0 saturated heterocycles. The molecule has 2 aromatic rings. The van der Waals surface area contributed by atoms with E-state index in [-0.39, 0.29) is 10.6 Å². The summed E-state index contributed by atoms with van der Waals surface area (Å²) in [5.74, 6) is 0.669. The summed E-state index contributed by atoms with van der Waals surface area (Å²) in [6.45, 7) is 0.898. The quantitative estimate of drug-likeness (QED) is 0.930. The molecule has 1 aliphatic heterocycles. The molecule has 0 atom stereocenters. The summed E-state index contributed by atoms with van der Waals surface area (Å²) in [4.78, 5) is 12.5. The lowest BCUT2D eigenvalue weighted by atomic mass is 10.1. The van der Waals surface area contributed by atoms with Gasteiger partial charge in [0.1, 0.15) is 13.2 Å². The standard InChI is InChI=1S/C16H15NO5S/c1-23(19,20)15-5-3-2-4-12(15)17-16(18)11-6-7-13-14(10-11)22-9-8-21-13/h2-7,10H,8-9H2,1H3,(H,17,18). The van der Waals surface area contributed by atoms with Crippen molar-refractivity contribution < 1.29 is 22.7 Å². The molecule has 0 unspecified atom stereocenters. The number of hydrogen-bond acceptors (Lipinski definition) is 5. The normalized spacial score (nSPS) is 13.4. The van der Waals surface area contributed by atoms with Crippen LogP contribution in [-0.2, 0) is 9.84 Å². The molecule has 0 radical (unpaired) electrons. The molecule has 1 heterocycles. The third-order valence-electron chi connectivity index (χ3n) is 3.34. The first-order chi connectivity index (χ1) is 10.9. The number of nitrogens with one attached hydrogen (secondary N) is 1. The van der Waals surface area contributed by atoms with Crippen LogP contribution in [-0.4, -0.2) is 33.8 Å². The molecule has 1 N–H and O–H groups in total. The van der Waals surface area contributed by atoms with Gasteiger partial charge in [-0.3, -0.25) is 4.79 Å².